The van der Waals surface area contributed by atoms with Crippen LogP contribution in [0.4, 0.5) is 0 Å². The van der Waals surface area contributed by atoms with Crippen LogP contribution in [0.1, 0.15) is 11.3 Å². The third-order valence-electron chi connectivity index (χ3n) is 3.24. The molecule has 0 aliphatic rings. The van der Waals surface area contributed by atoms with E-state index in [4.69, 9.17) is 5.11 Å². The summed E-state index contributed by atoms with van der Waals surface area (Å²) in [6.07, 6.45) is 2.63. The van der Waals surface area contributed by atoms with Gasteiger partial charge in [0.1, 0.15) is 11.8 Å². The number of hydrogen-bond acceptors (Lipinski definition) is 5. The number of imidazole rings is 1. The molecule has 1 N–H and O–H groups in total. The van der Waals surface area contributed by atoms with Crippen molar-refractivity contribution < 1.29 is 14.7 Å². The van der Waals surface area contributed by atoms with Crippen molar-refractivity contribution in [1.82, 2.24) is 19.5 Å². The van der Waals surface area contributed by atoms with Crippen LogP contribution in [-0.4, -0.2) is 36.4 Å². The number of ketones is 1. The quantitative estimate of drug-likeness (QED) is 0.707. The fourth-order valence-electron chi connectivity index (χ4n) is 2.18. The zero-order valence-electron chi connectivity index (χ0n) is 11.5. The molecule has 0 spiro atoms. The summed E-state index contributed by atoms with van der Waals surface area (Å²) in [5, 5.41) is 8.70. The highest BCUT2D eigenvalue weighted by atomic mass is 16.4. The number of rotatable bonds is 5. The Kier molecular flexibility index (Phi) is 3.61. The third kappa shape index (κ3) is 2.69. The van der Waals surface area contributed by atoms with Crippen molar-refractivity contribution in [2.45, 2.75) is 13.0 Å². The lowest BCUT2D eigenvalue weighted by Crippen LogP contribution is -2.16. The molecular weight excluding hydrogens is 284 g/mol. The van der Waals surface area contributed by atoms with Gasteiger partial charge >= 0.3 is 5.97 Å². The first-order valence-corrected chi connectivity index (χ1v) is 6.60. The van der Waals surface area contributed by atoms with E-state index < -0.39 is 11.8 Å². The number of benzene rings is 1. The van der Waals surface area contributed by atoms with E-state index in [1.807, 2.05) is 34.9 Å². The van der Waals surface area contributed by atoms with Crippen molar-refractivity contribution in [2.24, 2.45) is 0 Å². The van der Waals surface area contributed by atoms with Crippen LogP contribution in [-0.2, 0) is 22.6 Å². The van der Waals surface area contributed by atoms with Gasteiger partial charge in [-0.2, -0.15) is 0 Å². The van der Waals surface area contributed by atoms with Gasteiger partial charge in [0.2, 0.25) is 5.78 Å². The normalized spacial score (nSPS) is 10.7. The fourth-order valence-corrected chi connectivity index (χ4v) is 2.18. The maximum atomic E-state index is 11.4. The largest absolute Gasteiger partial charge is 0.475 e. The SMILES string of the molecule is O=C(O)C(=O)Cc1ncnc2c1ncn2Cc1ccccc1. The molecule has 0 aliphatic heterocycles. The molecule has 2 aromatic heterocycles. The highest BCUT2D eigenvalue weighted by Crippen LogP contribution is 2.15. The van der Waals surface area contributed by atoms with Crippen molar-refractivity contribution in [2.75, 3.05) is 0 Å². The molecule has 1 aromatic carbocycles. The summed E-state index contributed by atoms with van der Waals surface area (Å²) in [7, 11) is 0. The number of Topliss-reactive ketones (excluding diaryl/α,β-unsaturated/α-hetero) is 1. The molecule has 2 heterocycles. The maximum absolute atomic E-state index is 11.4. The van der Waals surface area contributed by atoms with Gasteiger partial charge in [-0.25, -0.2) is 19.7 Å². The first kappa shape index (κ1) is 13.9. The summed E-state index contributed by atoms with van der Waals surface area (Å²) in [4.78, 5) is 34.4. The van der Waals surface area contributed by atoms with Gasteiger partial charge in [0.05, 0.1) is 25.0 Å². The minimum absolute atomic E-state index is 0.295. The number of nitrogens with zero attached hydrogens (tertiary/aromatic N) is 4. The molecule has 7 heteroatoms. The molecule has 0 unspecified atom stereocenters. The number of aromatic nitrogens is 4. The fraction of sp³-hybridized carbons (Fsp3) is 0.133. The van der Waals surface area contributed by atoms with Crippen molar-refractivity contribution in [3.63, 3.8) is 0 Å². The average Bonchev–Trinajstić information content (AvgIpc) is 2.92. The van der Waals surface area contributed by atoms with E-state index in [0.29, 0.717) is 23.4 Å². The number of carboxylic acid groups (broad SMARTS) is 1. The first-order chi connectivity index (χ1) is 10.6. The summed E-state index contributed by atoms with van der Waals surface area (Å²) in [6, 6.07) is 9.80. The highest BCUT2D eigenvalue weighted by molar-refractivity contribution is 6.33. The van der Waals surface area contributed by atoms with Crippen LogP contribution < -0.4 is 0 Å². The molecule has 0 amide bonds. The van der Waals surface area contributed by atoms with Gasteiger partial charge in [-0.3, -0.25) is 4.79 Å². The molecule has 110 valence electrons. The van der Waals surface area contributed by atoms with E-state index in [-0.39, 0.29) is 6.42 Å². The molecule has 0 saturated carbocycles. The zero-order valence-corrected chi connectivity index (χ0v) is 11.5. The number of carbonyl (C=O) groups excluding carboxylic acids is 1. The van der Waals surface area contributed by atoms with Gasteiger partial charge in [0.15, 0.2) is 5.65 Å². The van der Waals surface area contributed by atoms with Gasteiger partial charge in [-0.15, -0.1) is 0 Å². The van der Waals surface area contributed by atoms with Gasteiger partial charge in [-0.05, 0) is 5.56 Å². The van der Waals surface area contributed by atoms with E-state index >= 15 is 0 Å². The lowest BCUT2D eigenvalue weighted by atomic mass is 10.2. The van der Waals surface area contributed by atoms with Gasteiger partial charge in [0.25, 0.3) is 0 Å². The topological polar surface area (TPSA) is 98.0 Å². The van der Waals surface area contributed by atoms with Gasteiger partial charge in [-0.1, -0.05) is 30.3 Å². The number of fused-ring (bicyclic) bond motifs is 1. The molecule has 3 rings (SSSR count). The van der Waals surface area contributed by atoms with Crippen molar-refractivity contribution >= 4 is 22.9 Å². The number of carboxylic acids is 1. The smallest absolute Gasteiger partial charge is 0.372 e. The maximum Gasteiger partial charge on any atom is 0.372 e. The van der Waals surface area contributed by atoms with Crippen LogP contribution in [0.5, 0.6) is 0 Å². The van der Waals surface area contributed by atoms with E-state index in [1.54, 1.807) is 6.33 Å². The van der Waals surface area contributed by atoms with E-state index in [1.165, 1.54) is 6.33 Å². The molecule has 0 aliphatic carbocycles. The second kappa shape index (κ2) is 5.72. The van der Waals surface area contributed by atoms with Gasteiger partial charge < -0.3 is 9.67 Å². The molecule has 0 fully saturated rings. The minimum atomic E-state index is -1.48. The molecule has 7 nitrogen and oxygen atoms in total. The van der Waals surface area contributed by atoms with Crippen LogP contribution in [0.2, 0.25) is 0 Å². The predicted molar refractivity (Wildman–Crippen MR) is 77.2 cm³/mol. The van der Waals surface area contributed by atoms with Crippen LogP contribution in [0, 0.1) is 0 Å². The summed E-state index contributed by atoms with van der Waals surface area (Å²) in [6.45, 7) is 0.584. The van der Waals surface area contributed by atoms with Crippen LogP contribution in [0.15, 0.2) is 43.0 Å². The first-order valence-electron chi connectivity index (χ1n) is 6.60. The Morgan fingerprint density at radius 1 is 1.09 bits per heavy atom. The van der Waals surface area contributed by atoms with E-state index in [9.17, 15) is 9.59 Å². The molecule has 0 saturated heterocycles. The monoisotopic (exact) mass is 296 g/mol. The average molecular weight is 296 g/mol. The predicted octanol–water partition coefficient (Wildman–Crippen LogP) is 1.07. The van der Waals surface area contributed by atoms with Crippen LogP contribution in [0.25, 0.3) is 11.2 Å². The molecule has 3 aromatic rings. The third-order valence-corrected chi connectivity index (χ3v) is 3.24. The summed E-state index contributed by atoms with van der Waals surface area (Å²) in [5.41, 5.74) is 2.44. The second-order valence-corrected chi connectivity index (χ2v) is 4.76. The second-order valence-electron chi connectivity index (χ2n) is 4.76. The molecular formula is C15H12N4O3. The molecule has 0 radical (unpaired) electrons. The Morgan fingerprint density at radius 2 is 1.86 bits per heavy atom. The Morgan fingerprint density at radius 3 is 2.59 bits per heavy atom. The van der Waals surface area contributed by atoms with Crippen LogP contribution >= 0.6 is 0 Å². The van der Waals surface area contributed by atoms with Crippen LogP contribution in [0.3, 0.4) is 0 Å². The number of hydrogen-bond donors (Lipinski definition) is 1. The summed E-state index contributed by atoms with van der Waals surface area (Å²) < 4.78 is 1.83. The summed E-state index contributed by atoms with van der Waals surface area (Å²) >= 11 is 0. The Balaban J connectivity index is 1.95. The number of carbonyl (C=O) groups is 2. The lowest BCUT2D eigenvalue weighted by molar-refractivity contribution is -0.148. The minimum Gasteiger partial charge on any atom is -0.475 e. The van der Waals surface area contributed by atoms with Crippen molar-refractivity contribution in [3.05, 3.63) is 54.2 Å². The lowest BCUT2D eigenvalue weighted by Gasteiger charge is -2.04. The van der Waals surface area contributed by atoms with E-state index in [2.05, 4.69) is 15.0 Å². The number of aliphatic carboxylic acids is 1. The Bertz CT molecular complexity index is 842. The van der Waals surface area contributed by atoms with Crippen molar-refractivity contribution in [3.8, 4) is 0 Å². The Hall–Kier alpha value is -3.09. The standard InChI is InChI=1S/C15H12N4O3/c20-12(15(21)22)6-11-13-14(17-8-16-11)19(9-18-13)7-10-4-2-1-3-5-10/h1-5,8-9H,6-7H2,(H,21,22). The zero-order chi connectivity index (χ0) is 15.5. The van der Waals surface area contributed by atoms with Gasteiger partial charge in [0, 0.05) is 0 Å². The molecule has 22 heavy (non-hydrogen) atoms. The molecule has 0 bridgehead atoms. The van der Waals surface area contributed by atoms with E-state index in [0.717, 1.165) is 5.56 Å². The summed E-state index contributed by atoms with van der Waals surface area (Å²) in [5.74, 6) is -2.40. The molecule has 0 atom stereocenters. The van der Waals surface area contributed by atoms with Crippen molar-refractivity contribution in [1.29, 1.82) is 0 Å². The highest BCUT2D eigenvalue weighted by Gasteiger charge is 2.17. The Labute approximate surface area is 125 Å².